The molecule has 2 fully saturated rings. The molecule has 0 bridgehead atoms. The molecule has 3 rings (SSSR count). The topological polar surface area (TPSA) is 53.6 Å². The summed E-state index contributed by atoms with van der Waals surface area (Å²) < 4.78 is 18.7. The third-order valence-corrected chi connectivity index (χ3v) is 4.84. The standard InChI is InChI=1S/C18H26FN3O2.2ClH/c19-15-6-4-14(5-7-15)17(22-9-11-24-12-10-22)13-21-18(23)16-3-1-2-8-20-16;;/h4-7,16-17,20H,1-3,8-13H2,(H,21,23);2*1H. The van der Waals surface area contributed by atoms with Crippen molar-refractivity contribution >= 4 is 30.7 Å². The van der Waals surface area contributed by atoms with Gasteiger partial charge in [-0.1, -0.05) is 18.6 Å². The fraction of sp³-hybridized carbons (Fsp3) is 0.611. The predicted molar refractivity (Wildman–Crippen MR) is 105 cm³/mol. The van der Waals surface area contributed by atoms with E-state index in [1.54, 1.807) is 12.1 Å². The van der Waals surface area contributed by atoms with E-state index in [4.69, 9.17) is 4.74 Å². The van der Waals surface area contributed by atoms with Crippen LogP contribution in [0.2, 0.25) is 0 Å². The monoisotopic (exact) mass is 407 g/mol. The number of amides is 1. The van der Waals surface area contributed by atoms with Crippen molar-refractivity contribution in [1.29, 1.82) is 0 Å². The van der Waals surface area contributed by atoms with Crippen molar-refractivity contribution in [1.82, 2.24) is 15.5 Å². The number of rotatable bonds is 5. The summed E-state index contributed by atoms with van der Waals surface area (Å²) >= 11 is 0. The largest absolute Gasteiger partial charge is 0.379 e. The Bertz CT molecular complexity index is 536. The van der Waals surface area contributed by atoms with Gasteiger partial charge in [0, 0.05) is 19.6 Å². The summed E-state index contributed by atoms with van der Waals surface area (Å²) in [6.07, 6.45) is 3.12. The van der Waals surface area contributed by atoms with E-state index < -0.39 is 0 Å². The summed E-state index contributed by atoms with van der Waals surface area (Å²) in [5, 5.41) is 6.36. The lowest BCUT2D eigenvalue weighted by Crippen LogP contribution is -2.49. The molecular formula is C18H28Cl2FN3O2. The lowest BCUT2D eigenvalue weighted by molar-refractivity contribution is -0.124. The summed E-state index contributed by atoms with van der Waals surface area (Å²) in [6.45, 7) is 4.45. The Morgan fingerprint density at radius 3 is 2.54 bits per heavy atom. The maximum Gasteiger partial charge on any atom is 0.237 e. The molecule has 1 aromatic carbocycles. The Hall–Kier alpha value is -0.920. The second kappa shape index (κ2) is 11.7. The molecule has 5 nitrogen and oxygen atoms in total. The molecule has 8 heteroatoms. The van der Waals surface area contributed by atoms with Crippen molar-refractivity contribution in [3.8, 4) is 0 Å². The van der Waals surface area contributed by atoms with Gasteiger partial charge in [0.25, 0.3) is 0 Å². The number of nitrogens with one attached hydrogen (secondary N) is 2. The Balaban J connectivity index is 0.00000169. The number of hydrogen-bond donors (Lipinski definition) is 2. The fourth-order valence-corrected chi connectivity index (χ4v) is 3.43. The summed E-state index contributed by atoms with van der Waals surface area (Å²) in [7, 11) is 0. The zero-order chi connectivity index (χ0) is 16.8. The first-order chi connectivity index (χ1) is 11.7. The number of benzene rings is 1. The maximum absolute atomic E-state index is 13.2. The van der Waals surface area contributed by atoms with Gasteiger partial charge in [-0.15, -0.1) is 24.8 Å². The Morgan fingerprint density at radius 2 is 1.92 bits per heavy atom. The van der Waals surface area contributed by atoms with Crippen LogP contribution in [0, 0.1) is 5.82 Å². The van der Waals surface area contributed by atoms with E-state index in [1.165, 1.54) is 12.1 Å². The minimum Gasteiger partial charge on any atom is -0.379 e. The minimum absolute atomic E-state index is 0. The summed E-state index contributed by atoms with van der Waals surface area (Å²) in [5.74, 6) is -0.176. The normalized spacial score (nSPS) is 21.8. The van der Waals surface area contributed by atoms with Crippen LogP contribution in [0.1, 0.15) is 30.9 Å². The Morgan fingerprint density at radius 1 is 1.23 bits per heavy atom. The van der Waals surface area contributed by atoms with Crippen molar-refractivity contribution in [2.75, 3.05) is 39.4 Å². The molecule has 2 unspecified atom stereocenters. The molecule has 2 aliphatic rings. The smallest absolute Gasteiger partial charge is 0.237 e. The summed E-state index contributed by atoms with van der Waals surface area (Å²) in [5.41, 5.74) is 1.02. The van der Waals surface area contributed by atoms with Crippen LogP contribution < -0.4 is 10.6 Å². The van der Waals surface area contributed by atoms with Gasteiger partial charge in [0.15, 0.2) is 0 Å². The number of carbonyl (C=O) groups is 1. The molecule has 2 heterocycles. The van der Waals surface area contributed by atoms with Crippen molar-refractivity contribution < 1.29 is 13.9 Å². The van der Waals surface area contributed by atoms with Gasteiger partial charge in [0.05, 0.1) is 25.3 Å². The number of morpholine rings is 1. The van der Waals surface area contributed by atoms with Crippen molar-refractivity contribution in [3.05, 3.63) is 35.6 Å². The molecular weight excluding hydrogens is 380 g/mol. The van der Waals surface area contributed by atoms with Gasteiger partial charge in [-0.3, -0.25) is 9.69 Å². The number of hydrogen-bond acceptors (Lipinski definition) is 4. The number of carbonyl (C=O) groups excluding carboxylic acids is 1. The third kappa shape index (κ3) is 6.35. The van der Waals surface area contributed by atoms with Gasteiger partial charge in [-0.25, -0.2) is 4.39 Å². The van der Waals surface area contributed by atoms with E-state index in [1.807, 2.05) is 0 Å². The number of ether oxygens (including phenoxy) is 1. The second-order valence-corrected chi connectivity index (χ2v) is 6.46. The van der Waals surface area contributed by atoms with Crippen LogP contribution in [0.3, 0.4) is 0 Å². The molecule has 26 heavy (non-hydrogen) atoms. The number of piperidine rings is 1. The van der Waals surface area contributed by atoms with Crippen LogP contribution in [0.15, 0.2) is 24.3 Å². The van der Waals surface area contributed by atoms with E-state index >= 15 is 0 Å². The first-order valence-electron chi connectivity index (χ1n) is 8.82. The van der Waals surface area contributed by atoms with E-state index in [0.717, 1.165) is 44.5 Å². The molecule has 1 aromatic rings. The van der Waals surface area contributed by atoms with Crippen LogP contribution in [0.25, 0.3) is 0 Å². The summed E-state index contributed by atoms with van der Waals surface area (Å²) in [6, 6.07) is 6.53. The van der Waals surface area contributed by atoms with Crippen LogP contribution in [0.4, 0.5) is 4.39 Å². The third-order valence-electron chi connectivity index (χ3n) is 4.84. The van der Waals surface area contributed by atoms with Gasteiger partial charge in [-0.2, -0.15) is 0 Å². The van der Waals surface area contributed by atoms with Gasteiger partial charge >= 0.3 is 0 Å². The predicted octanol–water partition coefficient (Wildman–Crippen LogP) is 2.30. The zero-order valence-corrected chi connectivity index (χ0v) is 16.4. The molecule has 1 amide bonds. The van der Waals surface area contributed by atoms with E-state index in [-0.39, 0.29) is 48.6 Å². The molecule has 2 atom stereocenters. The first-order valence-corrected chi connectivity index (χ1v) is 8.82. The van der Waals surface area contributed by atoms with Gasteiger partial charge in [0.1, 0.15) is 5.82 Å². The average molecular weight is 408 g/mol. The molecule has 0 spiro atoms. The Labute approximate surface area is 166 Å². The van der Waals surface area contributed by atoms with Crippen LogP contribution in [0.5, 0.6) is 0 Å². The van der Waals surface area contributed by atoms with Gasteiger partial charge in [-0.05, 0) is 37.1 Å². The molecule has 0 radical (unpaired) electrons. The number of halogens is 3. The van der Waals surface area contributed by atoms with E-state index in [2.05, 4.69) is 15.5 Å². The Kier molecular flexibility index (Phi) is 10.4. The van der Waals surface area contributed by atoms with E-state index in [9.17, 15) is 9.18 Å². The zero-order valence-electron chi connectivity index (χ0n) is 14.8. The highest BCUT2D eigenvalue weighted by Gasteiger charge is 2.25. The van der Waals surface area contributed by atoms with Crippen LogP contribution in [-0.2, 0) is 9.53 Å². The SMILES string of the molecule is Cl.Cl.O=C(NCC(c1ccc(F)cc1)N1CCOCC1)C1CCCCN1. The summed E-state index contributed by atoms with van der Waals surface area (Å²) in [4.78, 5) is 14.7. The van der Waals surface area contributed by atoms with Gasteiger partial charge < -0.3 is 15.4 Å². The average Bonchev–Trinajstić information content (AvgIpc) is 2.65. The molecule has 0 aromatic heterocycles. The molecule has 148 valence electrons. The quantitative estimate of drug-likeness (QED) is 0.785. The first kappa shape index (κ1) is 23.1. The van der Waals surface area contributed by atoms with Crippen molar-refractivity contribution in [2.45, 2.75) is 31.3 Å². The highest BCUT2D eigenvalue weighted by atomic mass is 35.5. The molecule has 2 aliphatic heterocycles. The fourth-order valence-electron chi connectivity index (χ4n) is 3.43. The van der Waals surface area contributed by atoms with Crippen molar-refractivity contribution in [2.24, 2.45) is 0 Å². The maximum atomic E-state index is 13.2. The number of nitrogens with zero attached hydrogens (tertiary/aromatic N) is 1. The molecule has 2 saturated heterocycles. The highest BCUT2D eigenvalue weighted by molar-refractivity contribution is 5.85. The molecule has 2 N–H and O–H groups in total. The lowest BCUT2D eigenvalue weighted by Gasteiger charge is -2.35. The second-order valence-electron chi connectivity index (χ2n) is 6.46. The minimum atomic E-state index is -0.241. The highest BCUT2D eigenvalue weighted by Crippen LogP contribution is 2.22. The molecule has 0 aliphatic carbocycles. The van der Waals surface area contributed by atoms with Crippen LogP contribution in [-0.4, -0.2) is 56.2 Å². The van der Waals surface area contributed by atoms with Crippen LogP contribution >= 0.6 is 24.8 Å². The van der Waals surface area contributed by atoms with Crippen molar-refractivity contribution in [3.63, 3.8) is 0 Å². The van der Waals surface area contributed by atoms with Gasteiger partial charge in [0.2, 0.25) is 5.91 Å². The lowest BCUT2D eigenvalue weighted by atomic mass is 10.0. The molecule has 0 saturated carbocycles. The van der Waals surface area contributed by atoms with E-state index in [0.29, 0.717) is 19.8 Å².